The van der Waals surface area contributed by atoms with Gasteiger partial charge in [0.1, 0.15) is 0 Å². The van der Waals surface area contributed by atoms with Crippen LogP contribution in [-0.2, 0) is 4.79 Å². The highest BCUT2D eigenvalue weighted by molar-refractivity contribution is 5.67. The summed E-state index contributed by atoms with van der Waals surface area (Å²) in [6, 6.07) is 1.22. The molecule has 2 rings (SSSR count). The largest absolute Gasteiger partial charge is 0.481 e. The monoisotopic (exact) mass is 223 g/mol. The summed E-state index contributed by atoms with van der Waals surface area (Å²) in [7, 11) is 0. The quantitative estimate of drug-likeness (QED) is 0.743. The number of nitrogens with zero attached hydrogens (tertiary/aromatic N) is 1. The van der Waals surface area contributed by atoms with Crippen molar-refractivity contribution in [3.05, 3.63) is 12.2 Å². The smallest absolute Gasteiger partial charge is 0.303 e. The SMILES string of the molecule is C=C(C)CN1C2CCC1CC(CC(=O)O)C2. The molecule has 0 amide bonds. The Morgan fingerprint density at radius 3 is 2.38 bits per heavy atom. The van der Waals surface area contributed by atoms with Crippen molar-refractivity contribution in [2.24, 2.45) is 5.92 Å². The molecule has 16 heavy (non-hydrogen) atoms. The number of rotatable bonds is 4. The summed E-state index contributed by atoms with van der Waals surface area (Å²) in [6.07, 6.45) is 4.97. The lowest BCUT2D eigenvalue weighted by Crippen LogP contribution is -2.43. The van der Waals surface area contributed by atoms with E-state index in [1.807, 2.05) is 0 Å². The van der Waals surface area contributed by atoms with Gasteiger partial charge in [0.25, 0.3) is 0 Å². The molecule has 0 aliphatic carbocycles. The zero-order valence-corrected chi connectivity index (χ0v) is 9.98. The van der Waals surface area contributed by atoms with Gasteiger partial charge < -0.3 is 5.11 Å². The first-order chi connectivity index (χ1) is 7.56. The molecule has 2 atom stereocenters. The van der Waals surface area contributed by atoms with Crippen LogP contribution in [0, 0.1) is 5.92 Å². The third-order valence-corrected chi connectivity index (χ3v) is 3.90. The molecule has 2 aliphatic heterocycles. The number of aliphatic carboxylic acids is 1. The highest BCUT2D eigenvalue weighted by Crippen LogP contribution is 2.39. The van der Waals surface area contributed by atoms with Crippen LogP contribution in [0.5, 0.6) is 0 Å². The second-order valence-corrected chi connectivity index (χ2v) is 5.45. The summed E-state index contributed by atoms with van der Waals surface area (Å²) < 4.78 is 0. The number of carboxylic acid groups (broad SMARTS) is 1. The second kappa shape index (κ2) is 4.58. The molecule has 1 N–H and O–H groups in total. The molecule has 2 saturated heterocycles. The van der Waals surface area contributed by atoms with Crippen LogP contribution in [0.4, 0.5) is 0 Å². The Morgan fingerprint density at radius 1 is 1.38 bits per heavy atom. The number of hydrogen-bond acceptors (Lipinski definition) is 2. The average Bonchev–Trinajstić information content (AvgIpc) is 2.43. The van der Waals surface area contributed by atoms with Gasteiger partial charge in [0.15, 0.2) is 0 Å². The second-order valence-electron chi connectivity index (χ2n) is 5.45. The van der Waals surface area contributed by atoms with E-state index in [9.17, 15) is 4.79 Å². The molecular weight excluding hydrogens is 202 g/mol. The Balaban J connectivity index is 1.95. The maximum absolute atomic E-state index is 10.7. The molecule has 0 aromatic carbocycles. The van der Waals surface area contributed by atoms with E-state index in [0.717, 1.165) is 19.4 Å². The number of piperidine rings is 1. The topological polar surface area (TPSA) is 40.5 Å². The molecule has 0 spiro atoms. The van der Waals surface area contributed by atoms with E-state index < -0.39 is 5.97 Å². The number of carboxylic acids is 1. The van der Waals surface area contributed by atoms with E-state index in [4.69, 9.17) is 5.11 Å². The molecular formula is C13H21NO2. The van der Waals surface area contributed by atoms with Crippen LogP contribution < -0.4 is 0 Å². The maximum atomic E-state index is 10.7. The third kappa shape index (κ3) is 2.46. The van der Waals surface area contributed by atoms with E-state index >= 15 is 0 Å². The predicted octanol–water partition coefficient (Wildman–Crippen LogP) is 2.28. The van der Waals surface area contributed by atoms with Crippen LogP contribution in [0.25, 0.3) is 0 Å². The molecule has 2 heterocycles. The molecule has 2 fully saturated rings. The molecule has 2 bridgehead atoms. The van der Waals surface area contributed by atoms with Crippen molar-refractivity contribution in [2.45, 2.75) is 51.1 Å². The van der Waals surface area contributed by atoms with Gasteiger partial charge in [-0.25, -0.2) is 0 Å². The summed E-state index contributed by atoms with van der Waals surface area (Å²) >= 11 is 0. The minimum absolute atomic E-state index is 0.355. The average molecular weight is 223 g/mol. The van der Waals surface area contributed by atoms with Crippen molar-refractivity contribution in [2.75, 3.05) is 6.54 Å². The molecule has 0 radical (unpaired) electrons. The van der Waals surface area contributed by atoms with Crippen LogP contribution in [-0.4, -0.2) is 34.6 Å². The maximum Gasteiger partial charge on any atom is 0.303 e. The molecule has 0 saturated carbocycles. The number of fused-ring (bicyclic) bond motifs is 2. The first-order valence-corrected chi connectivity index (χ1v) is 6.18. The van der Waals surface area contributed by atoms with E-state index in [1.54, 1.807) is 0 Å². The first kappa shape index (κ1) is 11.6. The molecule has 2 unspecified atom stereocenters. The van der Waals surface area contributed by atoms with Crippen molar-refractivity contribution in [3.63, 3.8) is 0 Å². The summed E-state index contributed by atoms with van der Waals surface area (Å²) in [5, 5.41) is 8.84. The summed E-state index contributed by atoms with van der Waals surface area (Å²) in [6.45, 7) is 7.04. The summed E-state index contributed by atoms with van der Waals surface area (Å²) in [4.78, 5) is 13.3. The van der Waals surface area contributed by atoms with E-state index in [1.165, 1.54) is 18.4 Å². The third-order valence-electron chi connectivity index (χ3n) is 3.90. The van der Waals surface area contributed by atoms with Crippen molar-refractivity contribution >= 4 is 5.97 Å². The van der Waals surface area contributed by atoms with Gasteiger partial charge in [-0.15, -0.1) is 0 Å². The Kier molecular flexibility index (Phi) is 3.33. The molecule has 3 heteroatoms. The van der Waals surface area contributed by atoms with Crippen molar-refractivity contribution in [1.82, 2.24) is 4.90 Å². The first-order valence-electron chi connectivity index (χ1n) is 6.18. The van der Waals surface area contributed by atoms with Crippen molar-refractivity contribution in [1.29, 1.82) is 0 Å². The zero-order chi connectivity index (χ0) is 11.7. The standard InChI is InChI=1S/C13H21NO2/c1-9(2)8-14-11-3-4-12(14)6-10(5-11)7-13(15)16/h10-12H,1,3-8H2,2H3,(H,15,16). The summed E-state index contributed by atoms with van der Waals surface area (Å²) in [5.74, 6) is -0.242. The lowest BCUT2D eigenvalue weighted by atomic mass is 9.88. The fraction of sp³-hybridized carbons (Fsp3) is 0.769. The highest BCUT2D eigenvalue weighted by atomic mass is 16.4. The molecule has 0 aromatic rings. The molecule has 90 valence electrons. The van der Waals surface area contributed by atoms with Crippen LogP contribution in [0.3, 0.4) is 0 Å². The van der Waals surface area contributed by atoms with Gasteiger partial charge in [0.2, 0.25) is 0 Å². The van der Waals surface area contributed by atoms with Gasteiger partial charge in [0.05, 0.1) is 0 Å². The van der Waals surface area contributed by atoms with Gasteiger partial charge >= 0.3 is 5.97 Å². The van der Waals surface area contributed by atoms with E-state index in [-0.39, 0.29) is 0 Å². The van der Waals surface area contributed by atoms with E-state index in [0.29, 0.717) is 24.4 Å². The van der Waals surface area contributed by atoms with Crippen LogP contribution in [0.2, 0.25) is 0 Å². The number of hydrogen-bond donors (Lipinski definition) is 1. The highest BCUT2D eigenvalue weighted by Gasteiger charge is 2.40. The van der Waals surface area contributed by atoms with Crippen LogP contribution in [0.1, 0.15) is 39.0 Å². The predicted molar refractivity (Wildman–Crippen MR) is 63.3 cm³/mol. The van der Waals surface area contributed by atoms with Gasteiger partial charge in [-0.1, -0.05) is 12.2 Å². The minimum atomic E-state index is -0.641. The fourth-order valence-corrected chi connectivity index (χ4v) is 3.37. The molecule has 3 nitrogen and oxygen atoms in total. The Hall–Kier alpha value is -0.830. The number of carbonyl (C=O) groups is 1. The van der Waals surface area contributed by atoms with Gasteiger partial charge in [0, 0.05) is 25.0 Å². The van der Waals surface area contributed by atoms with E-state index in [2.05, 4.69) is 18.4 Å². The van der Waals surface area contributed by atoms with Gasteiger partial charge in [-0.05, 0) is 38.5 Å². The van der Waals surface area contributed by atoms with Gasteiger partial charge in [-0.3, -0.25) is 9.69 Å². The Labute approximate surface area is 97.1 Å². The summed E-state index contributed by atoms with van der Waals surface area (Å²) in [5.41, 5.74) is 1.22. The van der Waals surface area contributed by atoms with Crippen molar-refractivity contribution < 1.29 is 9.90 Å². The zero-order valence-electron chi connectivity index (χ0n) is 9.98. The minimum Gasteiger partial charge on any atom is -0.481 e. The normalized spacial score (nSPS) is 33.9. The molecule has 2 aliphatic rings. The lowest BCUT2D eigenvalue weighted by molar-refractivity contribution is -0.138. The fourth-order valence-electron chi connectivity index (χ4n) is 3.37. The van der Waals surface area contributed by atoms with Crippen LogP contribution >= 0.6 is 0 Å². The van der Waals surface area contributed by atoms with Crippen LogP contribution in [0.15, 0.2) is 12.2 Å². The Morgan fingerprint density at radius 2 is 1.94 bits per heavy atom. The Bertz CT molecular complexity index is 286. The van der Waals surface area contributed by atoms with Crippen molar-refractivity contribution in [3.8, 4) is 0 Å². The lowest BCUT2D eigenvalue weighted by Gasteiger charge is -2.38. The van der Waals surface area contributed by atoms with Gasteiger partial charge in [-0.2, -0.15) is 0 Å². The molecule has 0 aromatic heterocycles.